The minimum atomic E-state index is -0.335. The summed E-state index contributed by atoms with van der Waals surface area (Å²) in [5.41, 5.74) is 4.18. The van der Waals surface area contributed by atoms with Crippen molar-refractivity contribution in [2.45, 2.75) is 5.16 Å². The Labute approximate surface area is 197 Å². The zero-order valence-electron chi connectivity index (χ0n) is 16.5. The van der Waals surface area contributed by atoms with Crippen molar-refractivity contribution in [2.24, 2.45) is 5.10 Å². The van der Waals surface area contributed by atoms with E-state index in [2.05, 4.69) is 15.5 Å². The summed E-state index contributed by atoms with van der Waals surface area (Å²) in [6.07, 6.45) is 1.51. The third-order valence-electron chi connectivity index (χ3n) is 4.41. The van der Waals surface area contributed by atoms with Gasteiger partial charge in [-0.25, -0.2) is 10.4 Å². The van der Waals surface area contributed by atoms with Crippen LogP contribution in [0.4, 0.5) is 0 Å². The fourth-order valence-corrected chi connectivity index (χ4v) is 4.08. The first-order chi connectivity index (χ1) is 15.5. The summed E-state index contributed by atoms with van der Waals surface area (Å²) in [4.78, 5) is 30.1. The number of aromatic nitrogens is 2. The number of hydrazone groups is 1. The molecule has 0 aliphatic heterocycles. The van der Waals surface area contributed by atoms with Crippen LogP contribution < -0.4 is 11.0 Å². The van der Waals surface area contributed by atoms with Gasteiger partial charge in [-0.1, -0.05) is 59.2 Å². The fourth-order valence-electron chi connectivity index (χ4n) is 2.96. The molecule has 0 saturated carbocycles. The highest BCUT2D eigenvalue weighted by atomic mass is 35.5. The summed E-state index contributed by atoms with van der Waals surface area (Å²) in [6, 6.07) is 21.1. The molecule has 0 saturated heterocycles. The van der Waals surface area contributed by atoms with Crippen LogP contribution >= 0.6 is 35.0 Å². The van der Waals surface area contributed by atoms with Crippen LogP contribution in [0.5, 0.6) is 0 Å². The second kappa shape index (κ2) is 9.99. The molecule has 0 unspecified atom stereocenters. The van der Waals surface area contributed by atoms with Crippen molar-refractivity contribution >= 4 is 58.0 Å². The smallest absolute Gasteiger partial charge is 0.266 e. The molecule has 9 heteroatoms. The first kappa shape index (κ1) is 22.1. The van der Waals surface area contributed by atoms with Gasteiger partial charge in [-0.2, -0.15) is 5.10 Å². The molecule has 1 heterocycles. The normalized spacial score (nSPS) is 11.2. The number of hydrogen-bond donors (Lipinski definition) is 1. The highest BCUT2D eigenvalue weighted by Gasteiger charge is 2.14. The van der Waals surface area contributed by atoms with E-state index >= 15 is 0 Å². The molecule has 1 aromatic heterocycles. The van der Waals surface area contributed by atoms with E-state index in [-0.39, 0.29) is 17.2 Å². The number of amides is 1. The van der Waals surface area contributed by atoms with E-state index in [1.807, 2.05) is 12.1 Å². The molecular formula is C23H16Cl2N4O2S. The Bertz CT molecular complexity index is 1370. The van der Waals surface area contributed by atoms with Crippen LogP contribution in [0.3, 0.4) is 0 Å². The van der Waals surface area contributed by atoms with E-state index in [1.54, 1.807) is 60.7 Å². The Morgan fingerprint density at radius 1 is 1.03 bits per heavy atom. The predicted molar refractivity (Wildman–Crippen MR) is 130 cm³/mol. The number of rotatable bonds is 6. The van der Waals surface area contributed by atoms with E-state index in [0.717, 1.165) is 17.3 Å². The Hall–Kier alpha value is -3.13. The molecule has 0 aliphatic rings. The van der Waals surface area contributed by atoms with E-state index in [4.69, 9.17) is 23.2 Å². The van der Waals surface area contributed by atoms with Gasteiger partial charge in [-0.3, -0.25) is 14.2 Å². The Morgan fingerprint density at radius 2 is 1.81 bits per heavy atom. The predicted octanol–water partition coefficient (Wildman–Crippen LogP) is 4.93. The van der Waals surface area contributed by atoms with E-state index < -0.39 is 0 Å². The van der Waals surface area contributed by atoms with Crippen LogP contribution in [0.2, 0.25) is 10.0 Å². The van der Waals surface area contributed by atoms with Crippen molar-refractivity contribution in [1.82, 2.24) is 15.0 Å². The van der Waals surface area contributed by atoms with Crippen LogP contribution in [0, 0.1) is 0 Å². The molecule has 0 spiro atoms. The van der Waals surface area contributed by atoms with Gasteiger partial charge in [0.2, 0.25) is 0 Å². The van der Waals surface area contributed by atoms with Gasteiger partial charge in [0.15, 0.2) is 5.16 Å². The second-order valence-electron chi connectivity index (χ2n) is 6.67. The maximum atomic E-state index is 13.2. The van der Waals surface area contributed by atoms with Crippen molar-refractivity contribution in [2.75, 3.05) is 5.75 Å². The number of benzene rings is 3. The van der Waals surface area contributed by atoms with Crippen LogP contribution in [-0.4, -0.2) is 27.4 Å². The molecule has 4 rings (SSSR count). The zero-order valence-corrected chi connectivity index (χ0v) is 18.9. The minimum absolute atomic E-state index is 0.0191. The standard InChI is InChI=1S/C23H16Cl2N4O2S/c24-16-8-10-18(11-9-16)29-22(31)19-6-1-2-7-20(19)27-23(29)32-14-21(30)28-26-13-15-4-3-5-17(25)12-15/h1-13H,14H2,(H,28,30)/b26-13+. The Kier molecular flexibility index (Phi) is 6.90. The van der Waals surface area contributed by atoms with Crippen molar-refractivity contribution in [1.29, 1.82) is 0 Å². The molecule has 160 valence electrons. The molecule has 1 amide bonds. The number of carbonyl (C=O) groups is 1. The first-order valence-electron chi connectivity index (χ1n) is 9.49. The summed E-state index contributed by atoms with van der Waals surface area (Å²) < 4.78 is 1.48. The van der Waals surface area contributed by atoms with Crippen molar-refractivity contribution < 1.29 is 4.79 Å². The summed E-state index contributed by atoms with van der Waals surface area (Å²) in [7, 11) is 0. The van der Waals surface area contributed by atoms with Gasteiger partial charge >= 0.3 is 0 Å². The van der Waals surface area contributed by atoms with Gasteiger partial charge in [0, 0.05) is 10.0 Å². The van der Waals surface area contributed by atoms with Gasteiger partial charge in [0.1, 0.15) is 0 Å². The molecule has 0 aliphatic carbocycles. The Morgan fingerprint density at radius 3 is 2.59 bits per heavy atom. The average Bonchev–Trinajstić information content (AvgIpc) is 2.79. The number of nitrogens with one attached hydrogen (secondary N) is 1. The van der Waals surface area contributed by atoms with E-state index in [1.165, 1.54) is 10.8 Å². The van der Waals surface area contributed by atoms with Crippen molar-refractivity contribution in [3.05, 3.63) is 98.8 Å². The van der Waals surface area contributed by atoms with Crippen molar-refractivity contribution in [3.8, 4) is 5.69 Å². The quantitative estimate of drug-likeness (QED) is 0.183. The number of fused-ring (bicyclic) bond motifs is 1. The minimum Gasteiger partial charge on any atom is -0.272 e. The third-order valence-corrected chi connectivity index (χ3v) is 5.84. The summed E-state index contributed by atoms with van der Waals surface area (Å²) >= 11 is 13.1. The molecule has 0 bridgehead atoms. The number of carbonyl (C=O) groups excluding carboxylic acids is 1. The van der Waals surface area contributed by atoms with Gasteiger partial charge in [0.05, 0.1) is 28.6 Å². The van der Waals surface area contributed by atoms with Crippen LogP contribution in [0.25, 0.3) is 16.6 Å². The number of nitrogens with zero attached hydrogens (tertiary/aromatic N) is 3. The monoisotopic (exact) mass is 482 g/mol. The molecule has 0 atom stereocenters. The van der Waals surface area contributed by atoms with E-state index in [0.29, 0.717) is 31.8 Å². The number of thioether (sulfide) groups is 1. The lowest BCUT2D eigenvalue weighted by Crippen LogP contribution is -2.24. The fraction of sp³-hybridized carbons (Fsp3) is 0.0435. The van der Waals surface area contributed by atoms with E-state index in [9.17, 15) is 9.59 Å². The van der Waals surface area contributed by atoms with Crippen molar-refractivity contribution in [3.63, 3.8) is 0 Å². The largest absolute Gasteiger partial charge is 0.272 e. The van der Waals surface area contributed by atoms with Gasteiger partial charge < -0.3 is 0 Å². The molecule has 6 nitrogen and oxygen atoms in total. The molecular weight excluding hydrogens is 467 g/mol. The molecule has 1 N–H and O–H groups in total. The summed E-state index contributed by atoms with van der Waals surface area (Å²) in [5, 5.41) is 5.97. The lowest BCUT2D eigenvalue weighted by molar-refractivity contribution is -0.118. The number of hydrogen-bond acceptors (Lipinski definition) is 5. The molecule has 3 aromatic carbocycles. The second-order valence-corrected chi connectivity index (χ2v) is 8.48. The SMILES string of the molecule is O=C(CSc1nc2ccccc2c(=O)n1-c1ccc(Cl)cc1)N/N=C/c1cccc(Cl)c1. The zero-order chi connectivity index (χ0) is 22.5. The topological polar surface area (TPSA) is 76.3 Å². The maximum Gasteiger partial charge on any atom is 0.266 e. The summed E-state index contributed by atoms with van der Waals surface area (Å²) in [6.45, 7) is 0. The molecule has 0 radical (unpaired) electrons. The maximum absolute atomic E-state index is 13.2. The van der Waals surface area contributed by atoms with Gasteiger partial charge in [-0.15, -0.1) is 0 Å². The van der Waals surface area contributed by atoms with Crippen LogP contribution in [0.15, 0.2) is 87.8 Å². The lowest BCUT2D eigenvalue weighted by atomic mass is 10.2. The molecule has 4 aromatic rings. The number of para-hydroxylation sites is 1. The van der Waals surface area contributed by atoms with Crippen LogP contribution in [0.1, 0.15) is 5.56 Å². The first-order valence-corrected chi connectivity index (χ1v) is 11.2. The summed E-state index contributed by atoms with van der Waals surface area (Å²) in [5.74, 6) is -0.316. The number of halogens is 2. The highest BCUT2D eigenvalue weighted by Crippen LogP contribution is 2.22. The van der Waals surface area contributed by atoms with Crippen LogP contribution in [-0.2, 0) is 4.79 Å². The molecule has 0 fully saturated rings. The third kappa shape index (κ3) is 5.19. The lowest BCUT2D eigenvalue weighted by Gasteiger charge is -2.13. The van der Waals surface area contributed by atoms with Gasteiger partial charge in [0.25, 0.3) is 11.5 Å². The molecule has 32 heavy (non-hydrogen) atoms. The highest BCUT2D eigenvalue weighted by molar-refractivity contribution is 7.99. The van der Waals surface area contributed by atoms with Gasteiger partial charge in [-0.05, 0) is 54.1 Å². The Balaban J connectivity index is 1.56. The average molecular weight is 483 g/mol.